The van der Waals surface area contributed by atoms with Gasteiger partial charge in [0.25, 0.3) is 0 Å². The molecule has 118 valence electrons. The van der Waals surface area contributed by atoms with Crippen LogP contribution in [0.3, 0.4) is 0 Å². The van der Waals surface area contributed by atoms with Gasteiger partial charge in [-0.25, -0.2) is 0 Å². The summed E-state index contributed by atoms with van der Waals surface area (Å²) in [4.78, 5) is 2.51. The third-order valence-electron chi connectivity index (χ3n) is 4.52. The number of hydrogen-bond acceptors (Lipinski definition) is 3. The lowest BCUT2D eigenvalue weighted by molar-refractivity contribution is 0.0171. The SMILES string of the molecule is CCCNC1CCN(CCC(C)(C)OC)c2ccccc21. The van der Waals surface area contributed by atoms with Crippen LogP contribution >= 0.6 is 0 Å². The lowest BCUT2D eigenvalue weighted by Gasteiger charge is -2.37. The standard InChI is InChI=1S/C18H30N2O/c1-5-12-19-16-10-13-20(14-11-18(2,3)21-4)17-9-7-6-8-15(16)17/h6-9,16,19H,5,10-14H2,1-4H3. The van der Waals surface area contributed by atoms with Crippen molar-refractivity contribution in [2.45, 2.75) is 51.7 Å². The van der Waals surface area contributed by atoms with E-state index >= 15 is 0 Å². The van der Waals surface area contributed by atoms with Gasteiger partial charge in [-0.2, -0.15) is 0 Å². The van der Waals surface area contributed by atoms with Crippen LogP contribution in [0.15, 0.2) is 24.3 Å². The van der Waals surface area contributed by atoms with Gasteiger partial charge < -0.3 is 15.0 Å². The second kappa shape index (κ2) is 7.28. The maximum atomic E-state index is 5.55. The Kier molecular flexibility index (Phi) is 5.65. The summed E-state index contributed by atoms with van der Waals surface area (Å²) in [6, 6.07) is 9.34. The van der Waals surface area contributed by atoms with Gasteiger partial charge in [0.1, 0.15) is 0 Å². The third kappa shape index (κ3) is 4.21. The highest BCUT2D eigenvalue weighted by Crippen LogP contribution is 2.34. The van der Waals surface area contributed by atoms with Gasteiger partial charge in [-0.05, 0) is 51.3 Å². The monoisotopic (exact) mass is 290 g/mol. The van der Waals surface area contributed by atoms with E-state index in [0.29, 0.717) is 6.04 Å². The molecule has 0 saturated carbocycles. The minimum absolute atomic E-state index is 0.0494. The minimum atomic E-state index is -0.0494. The van der Waals surface area contributed by atoms with Gasteiger partial charge in [0.2, 0.25) is 0 Å². The van der Waals surface area contributed by atoms with E-state index in [4.69, 9.17) is 4.74 Å². The summed E-state index contributed by atoms with van der Waals surface area (Å²) in [5.41, 5.74) is 2.79. The fourth-order valence-electron chi connectivity index (χ4n) is 2.90. The Morgan fingerprint density at radius 3 is 2.81 bits per heavy atom. The largest absolute Gasteiger partial charge is 0.379 e. The number of hydrogen-bond donors (Lipinski definition) is 1. The van der Waals surface area contributed by atoms with Crippen molar-refractivity contribution in [3.63, 3.8) is 0 Å². The van der Waals surface area contributed by atoms with Crippen LogP contribution in [0, 0.1) is 0 Å². The molecule has 0 fully saturated rings. The molecule has 1 heterocycles. The lowest BCUT2D eigenvalue weighted by atomic mass is 9.95. The van der Waals surface area contributed by atoms with E-state index in [2.05, 4.69) is 55.3 Å². The Labute approximate surface area is 129 Å². The van der Waals surface area contributed by atoms with Crippen molar-refractivity contribution in [2.24, 2.45) is 0 Å². The second-order valence-electron chi connectivity index (χ2n) is 6.56. The first kappa shape index (κ1) is 16.3. The molecule has 1 aromatic rings. The molecule has 1 N–H and O–H groups in total. The number of benzene rings is 1. The van der Waals surface area contributed by atoms with E-state index in [-0.39, 0.29) is 5.60 Å². The highest BCUT2D eigenvalue weighted by Gasteiger charge is 2.26. The number of nitrogens with one attached hydrogen (secondary N) is 1. The molecule has 3 heteroatoms. The average molecular weight is 290 g/mol. The first-order valence-electron chi connectivity index (χ1n) is 8.20. The molecule has 3 nitrogen and oxygen atoms in total. The summed E-state index contributed by atoms with van der Waals surface area (Å²) in [6.45, 7) is 9.82. The molecule has 0 bridgehead atoms. The van der Waals surface area contributed by atoms with Gasteiger partial charge in [0.15, 0.2) is 0 Å². The highest BCUT2D eigenvalue weighted by molar-refractivity contribution is 5.57. The molecule has 1 unspecified atom stereocenters. The molecule has 1 aromatic carbocycles. The van der Waals surface area contributed by atoms with Gasteiger partial charge in [-0.15, -0.1) is 0 Å². The molecule has 0 amide bonds. The van der Waals surface area contributed by atoms with E-state index in [0.717, 1.165) is 26.1 Å². The summed E-state index contributed by atoms with van der Waals surface area (Å²) >= 11 is 0. The van der Waals surface area contributed by atoms with Gasteiger partial charge in [-0.3, -0.25) is 0 Å². The number of nitrogens with zero attached hydrogens (tertiary/aromatic N) is 1. The maximum absolute atomic E-state index is 5.55. The fraction of sp³-hybridized carbons (Fsp3) is 0.667. The second-order valence-corrected chi connectivity index (χ2v) is 6.56. The fourth-order valence-corrected chi connectivity index (χ4v) is 2.90. The lowest BCUT2D eigenvalue weighted by Crippen LogP contribution is -2.39. The van der Waals surface area contributed by atoms with Crippen LogP contribution in [0.1, 0.15) is 51.6 Å². The molecular weight excluding hydrogens is 260 g/mol. The summed E-state index contributed by atoms with van der Waals surface area (Å²) in [7, 11) is 1.80. The van der Waals surface area contributed by atoms with E-state index in [1.807, 2.05) is 0 Å². The van der Waals surface area contributed by atoms with Crippen molar-refractivity contribution < 1.29 is 4.74 Å². The molecule has 1 aliphatic heterocycles. The Bertz CT molecular complexity index is 445. The Hall–Kier alpha value is -1.06. The Balaban J connectivity index is 2.08. The first-order valence-corrected chi connectivity index (χ1v) is 8.20. The summed E-state index contributed by atoms with van der Waals surface area (Å²) < 4.78 is 5.55. The van der Waals surface area contributed by atoms with Crippen LogP contribution in [0.2, 0.25) is 0 Å². The van der Waals surface area contributed by atoms with Crippen molar-refractivity contribution in [1.82, 2.24) is 5.32 Å². The van der Waals surface area contributed by atoms with E-state index < -0.39 is 0 Å². The van der Waals surface area contributed by atoms with E-state index in [1.54, 1.807) is 7.11 Å². The predicted octanol–water partition coefficient (Wildman–Crippen LogP) is 3.75. The number of methoxy groups -OCH3 is 1. The molecule has 0 aromatic heterocycles. The van der Waals surface area contributed by atoms with Crippen LogP contribution in [0.4, 0.5) is 5.69 Å². The van der Waals surface area contributed by atoms with Crippen LogP contribution in [-0.4, -0.2) is 32.3 Å². The third-order valence-corrected chi connectivity index (χ3v) is 4.52. The van der Waals surface area contributed by atoms with Crippen LogP contribution in [-0.2, 0) is 4.74 Å². The van der Waals surface area contributed by atoms with Gasteiger partial charge in [-0.1, -0.05) is 25.1 Å². The number of ether oxygens (including phenoxy) is 1. The number of fused-ring (bicyclic) bond motifs is 1. The van der Waals surface area contributed by atoms with E-state index in [9.17, 15) is 0 Å². The molecule has 0 spiro atoms. The van der Waals surface area contributed by atoms with Gasteiger partial charge >= 0.3 is 0 Å². The topological polar surface area (TPSA) is 24.5 Å². The number of rotatable bonds is 7. The molecule has 0 saturated heterocycles. The molecular formula is C18H30N2O. The maximum Gasteiger partial charge on any atom is 0.0639 e. The van der Waals surface area contributed by atoms with Crippen LogP contribution < -0.4 is 10.2 Å². The highest BCUT2D eigenvalue weighted by atomic mass is 16.5. The molecule has 0 radical (unpaired) electrons. The smallest absolute Gasteiger partial charge is 0.0639 e. The number of anilines is 1. The summed E-state index contributed by atoms with van der Waals surface area (Å²) in [6.07, 6.45) is 3.42. The zero-order valence-corrected chi connectivity index (χ0v) is 14.0. The quantitative estimate of drug-likeness (QED) is 0.827. The molecule has 21 heavy (non-hydrogen) atoms. The van der Waals surface area contributed by atoms with Crippen molar-refractivity contribution in [1.29, 1.82) is 0 Å². The number of para-hydroxylation sites is 1. The minimum Gasteiger partial charge on any atom is -0.379 e. The van der Waals surface area contributed by atoms with Crippen molar-refractivity contribution in [3.05, 3.63) is 29.8 Å². The van der Waals surface area contributed by atoms with Gasteiger partial charge in [0, 0.05) is 31.9 Å². The van der Waals surface area contributed by atoms with Gasteiger partial charge in [0.05, 0.1) is 5.60 Å². The zero-order chi connectivity index (χ0) is 15.3. The Morgan fingerprint density at radius 2 is 2.10 bits per heavy atom. The van der Waals surface area contributed by atoms with E-state index in [1.165, 1.54) is 24.1 Å². The van der Waals surface area contributed by atoms with Crippen LogP contribution in [0.25, 0.3) is 0 Å². The average Bonchev–Trinajstić information content (AvgIpc) is 2.51. The molecule has 1 atom stereocenters. The van der Waals surface area contributed by atoms with Crippen molar-refractivity contribution in [2.75, 3.05) is 31.6 Å². The predicted molar refractivity (Wildman–Crippen MR) is 90.0 cm³/mol. The summed E-state index contributed by atoms with van der Waals surface area (Å²) in [5, 5.41) is 3.68. The first-order chi connectivity index (χ1) is 10.1. The summed E-state index contributed by atoms with van der Waals surface area (Å²) in [5.74, 6) is 0. The zero-order valence-electron chi connectivity index (χ0n) is 14.0. The van der Waals surface area contributed by atoms with Crippen molar-refractivity contribution in [3.8, 4) is 0 Å². The van der Waals surface area contributed by atoms with Crippen molar-refractivity contribution >= 4 is 5.69 Å². The molecule has 1 aliphatic rings. The molecule has 2 rings (SSSR count). The molecule has 0 aliphatic carbocycles. The normalized spacial score (nSPS) is 18.7. The van der Waals surface area contributed by atoms with Crippen LogP contribution in [0.5, 0.6) is 0 Å². The Morgan fingerprint density at radius 1 is 1.33 bits per heavy atom.